The first-order valence-corrected chi connectivity index (χ1v) is 15.8. The number of esters is 1. The van der Waals surface area contributed by atoms with Crippen molar-refractivity contribution in [1.29, 1.82) is 0 Å². The summed E-state index contributed by atoms with van der Waals surface area (Å²) in [5, 5.41) is 10.9. The number of carbonyl (C=O) groups is 1. The molecule has 0 aliphatic rings. The Hall–Kier alpha value is -2.31. The zero-order valence-electron chi connectivity index (χ0n) is 21.6. The molecule has 1 atom stereocenters. The van der Waals surface area contributed by atoms with Crippen molar-refractivity contribution in [3.63, 3.8) is 0 Å². The van der Waals surface area contributed by atoms with E-state index in [1.165, 1.54) is 5.19 Å². The van der Waals surface area contributed by atoms with Crippen LogP contribution in [0.1, 0.15) is 51.5 Å². The molecule has 2 rings (SSSR count). The molecule has 2 aromatic rings. The summed E-state index contributed by atoms with van der Waals surface area (Å²) < 4.78 is 34.6. The zero-order chi connectivity index (χ0) is 26.0. The molecule has 0 heterocycles. The Balaban J connectivity index is 2.00. The van der Waals surface area contributed by atoms with Gasteiger partial charge in [-0.2, -0.15) is 0 Å². The van der Waals surface area contributed by atoms with Gasteiger partial charge in [0.1, 0.15) is 0 Å². The van der Waals surface area contributed by atoms with Gasteiger partial charge in [0.05, 0.1) is 14.7 Å². The van der Waals surface area contributed by atoms with E-state index in [0.29, 0.717) is 28.7 Å². The van der Waals surface area contributed by atoms with Crippen LogP contribution in [0.4, 0.5) is 8.78 Å². The molecule has 1 N–H and O–H groups in total. The Morgan fingerprint density at radius 2 is 1.74 bits per heavy atom. The van der Waals surface area contributed by atoms with E-state index in [1.54, 1.807) is 19.1 Å². The first-order chi connectivity index (χ1) is 16.6. The number of hydrogen-bond acceptors (Lipinski definition) is 3. The highest BCUT2D eigenvalue weighted by molar-refractivity contribution is 6.89. The highest BCUT2D eigenvalue weighted by Gasteiger charge is 2.24. The van der Waals surface area contributed by atoms with Crippen molar-refractivity contribution in [1.82, 2.24) is 0 Å². The molecule has 0 saturated heterocycles. The Kier molecular flexibility index (Phi) is 11.3. The fourth-order valence-corrected chi connectivity index (χ4v) is 6.64. The summed E-state index contributed by atoms with van der Waals surface area (Å²) >= 11 is 0. The number of aliphatic hydroxyl groups excluding tert-OH is 1. The summed E-state index contributed by atoms with van der Waals surface area (Å²) in [6.07, 6.45) is 5.15. The number of hydrogen-bond donors (Lipinski definition) is 1. The molecule has 2 aromatic carbocycles. The summed E-state index contributed by atoms with van der Waals surface area (Å²) in [4.78, 5) is 11.6. The lowest BCUT2D eigenvalue weighted by Crippen LogP contribution is -2.41. The van der Waals surface area contributed by atoms with Crippen molar-refractivity contribution in [2.24, 2.45) is 5.92 Å². The van der Waals surface area contributed by atoms with Crippen LogP contribution in [-0.4, -0.2) is 32.4 Å². The predicted octanol–water partition coefficient (Wildman–Crippen LogP) is 6.79. The predicted molar refractivity (Wildman–Crippen MR) is 143 cm³/mol. The van der Waals surface area contributed by atoms with Crippen LogP contribution in [0.2, 0.25) is 19.1 Å². The normalized spacial score (nSPS) is 12.4. The number of ether oxygens (including phenoxy) is 1. The summed E-state index contributed by atoms with van der Waals surface area (Å²) in [5.41, 5.74) is 1.77. The minimum Gasteiger partial charge on any atom is -0.462 e. The molecule has 6 heteroatoms. The minimum absolute atomic E-state index is 0.0281. The third kappa shape index (κ3) is 8.39. The van der Waals surface area contributed by atoms with Crippen molar-refractivity contribution in [2.75, 3.05) is 13.2 Å². The molecule has 0 spiro atoms. The highest BCUT2D eigenvalue weighted by Crippen LogP contribution is 2.27. The van der Waals surface area contributed by atoms with Gasteiger partial charge >= 0.3 is 5.97 Å². The molecule has 0 radical (unpaired) electrons. The van der Waals surface area contributed by atoms with Gasteiger partial charge in [0.15, 0.2) is 11.6 Å². The third-order valence-corrected chi connectivity index (χ3v) is 10.2. The van der Waals surface area contributed by atoms with Crippen molar-refractivity contribution in [3.8, 4) is 11.1 Å². The molecule has 0 aromatic heterocycles. The highest BCUT2D eigenvalue weighted by atomic mass is 28.3. The molecule has 1 unspecified atom stereocenters. The van der Waals surface area contributed by atoms with Gasteiger partial charge in [0.2, 0.25) is 0 Å². The van der Waals surface area contributed by atoms with Gasteiger partial charge in [0, 0.05) is 23.7 Å². The summed E-state index contributed by atoms with van der Waals surface area (Å²) in [7, 11) is -1.77. The van der Waals surface area contributed by atoms with Crippen LogP contribution in [0.5, 0.6) is 0 Å². The lowest BCUT2D eigenvalue weighted by Gasteiger charge is -2.24. The fourth-order valence-electron chi connectivity index (χ4n) is 4.19. The molecule has 0 aliphatic carbocycles. The maximum Gasteiger partial charge on any atom is 0.333 e. The molecule has 0 amide bonds. The van der Waals surface area contributed by atoms with E-state index in [9.17, 15) is 18.7 Å². The Labute approximate surface area is 210 Å². The molecule has 0 fully saturated rings. The average molecular weight is 503 g/mol. The number of rotatable bonds is 14. The van der Waals surface area contributed by atoms with Crippen molar-refractivity contribution in [3.05, 3.63) is 65.7 Å². The van der Waals surface area contributed by atoms with Crippen LogP contribution >= 0.6 is 0 Å². The summed E-state index contributed by atoms with van der Waals surface area (Å²) in [6, 6.07) is 12.2. The van der Waals surface area contributed by atoms with Gasteiger partial charge in [-0.1, -0.05) is 93.5 Å². The fraction of sp³-hybridized carbons (Fsp3) is 0.483. The number of aliphatic hydroxyl groups is 1. The molecule has 3 nitrogen and oxygen atoms in total. The maximum absolute atomic E-state index is 14.8. The van der Waals surface area contributed by atoms with E-state index >= 15 is 0 Å². The van der Waals surface area contributed by atoms with Crippen molar-refractivity contribution in [2.45, 2.75) is 71.5 Å². The van der Waals surface area contributed by atoms with Gasteiger partial charge in [-0.3, -0.25) is 0 Å². The molecular formula is C29H40F2O3Si. The van der Waals surface area contributed by atoms with Crippen LogP contribution in [0, 0.1) is 17.6 Å². The number of carbonyl (C=O) groups excluding carboxylic acids is 1. The molecule has 0 bridgehead atoms. The first-order valence-electron chi connectivity index (χ1n) is 12.6. The molecular weight excluding hydrogens is 462 g/mol. The molecule has 35 heavy (non-hydrogen) atoms. The molecule has 0 saturated carbocycles. The van der Waals surface area contributed by atoms with Crippen molar-refractivity contribution < 1.29 is 23.4 Å². The van der Waals surface area contributed by atoms with E-state index in [1.807, 2.05) is 24.3 Å². The quantitative estimate of drug-likeness (QED) is 0.134. The second-order valence-corrected chi connectivity index (χ2v) is 15.0. The van der Waals surface area contributed by atoms with E-state index in [4.69, 9.17) is 4.74 Å². The second-order valence-electron chi connectivity index (χ2n) is 10.1. The SMILES string of the molecule is C=C(C)C(=O)OCC(CO)CCC[Si](C)(C)c1ccc(-c2ccc(CCCCC)c(F)c2F)cc1. The Bertz CT molecular complexity index is 986. The summed E-state index contributed by atoms with van der Waals surface area (Å²) in [5.74, 6) is -2.02. The van der Waals surface area contributed by atoms with E-state index in [-0.39, 0.29) is 19.1 Å². The van der Waals surface area contributed by atoms with Crippen LogP contribution in [0.15, 0.2) is 48.6 Å². The van der Waals surface area contributed by atoms with Crippen LogP contribution in [0.25, 0.3) is 11.1 Å². The Morgan fingerprint density at radius 1 is 1.06 bits per heavy atom. The van der Waals surface area contributed by atoms with Gasteiger partial charge in [0.25, 0.3) is 0 Å². The first kappa shape index (κ1) is 28.9. The molecule has 192 valence electrons. The number of unbranched alkanes of at least 4 members (excludes halogenated alkanes) is 2. The van der Waals surface area contributed by atoms with E-state index < -0.39 is 25.7 Å². The Morgan fingerprint density at radius 3 is 2.34 bits per heavy atom. The van der Waals surface area contributed by atoms with E-state index in [0.717, 1.165) is 38.1 Å². The zero-order valence-corrected chi connectivity index (χ0v) is 22.6. The minimum atomic E-state index is -1.77. The second kappa shape index (κ2) is 13.7. The van der Waals surface area contributed by atoms with Crippen LogP contribution < -0.4 is 5.19 Å². The average Bonchev–Trinajstić information content (AvgIpc) is 2.83. The van der Waals surface area contributed by atoms with Crippen molar-refractivity contribution >= 4 is 19.2 Å². The lowest BCUT2D eigenvalue weighted by atomic mass is 10.00. The largest absolute Gasteiger partial charge is 0.462 e. The van der Waals surface area contributed by atoms with E-state index in [2.05, 4.69) is 26.6 Å². The smallest absolute Gasteiger partial charge is 0.333 e. The monoisotopic (exact) mass is 502 g/mol. The number of halogens is 2. The third-order valence-electron chi connectivity index (χ3n) is 6.66. The van der Waals surface area contributed by atoms with Gasteiger partial charge < -0.3 is 9.84 Å². The standard InChI is InChI=1S/C29H40F2O3Si/c1-6-7-8-11-24-14-17-26(28(31)27(24)30)23-12-15-25(16-13-23)35(4,5)18-9-10-22(19-32)20-34-29(33)21(2)3/h12-17,22,32H,2,6-11,18-20H2,1,3-5H3. The van der Waals surface area contributed by atoms with Gasteiger partial charge in [-0.05, 0) is 37.3 Å². The van der Waals surface area contributed by atoms with Crippen LogP contribution in [-0.2, 0) is 16.0 Å². The topological polar surface area (TPSA) is 46.5 Å². The number of benzene rings is 2. The molecule has 0 aliphatic heterocycles. The lowest BCUT2D eigenvalue weighted by molar-refractivity contribution is -0.140. The number of aryl methyl sites for hydroxylation is 1. The van der Waals surface area contributed by atoms with Crippen LogP contribution in [0.3, 0.4) is 0 Å². The van der Waals surface area contributed by atoms with Gasteiger partial charge in [-0.15, -0.1) is 0 Å². The maximum atomic E-state index is 14.8. The summed E-state index contributed by atoms with van der Waals surface area (Å²) in [6.45, 7) is 12.0. The van der Waals surface area contributed by atoms with Gasteiger partial charge in [-0.25, -0.2) is 13.6 Å².